The lowest BCUT2D eigenvalue weighted by molar-refractivity contribution is -0.126. The van der Waals surface area contributed by atoms with Crippen LogP contribution in [0.4, 0.5) is 4.39 Å². The number of rotatable bonds is 4. The third-order valence-corrected chi connectivity index (χ3v) is 5.08. The van der Waals surface area contributed by atoms with Gasteiger partial charge in [0.25, 0.3) is 0 Å². The van der Waals surface area contributed by atoms with Crippen LogP contribution in [-0.2, 0) is 11.3 Å². The molecule has 2 saturated heterocycles. The van der Waals surface area contributed by atoms with Crippen molar-refractivity contribution in [3.63, 3.8) is 0 Å². The lowest BCUT2D eigenvalue weighted by Gasteiger charge is -2.32. The molecule has 3 atom stereocenters. The Labute approximate surface area is 161 Å². The van der Waals surface area contributed by atoms with Crippen molar-refractivity contribution in [2.24, 2.45) is 5.92 Å². The number of hydrogen-bond acceptors (Lipinski definition) is 3. The molecule has 0 aromatic heterocycles. The van der Waals surface area contributed by atoms with E-state index in [1.807, 2.05) is 0 Å². The third kappa shape index (κ3) is 5.81. The Morgan fingerprint density at radius 3 is 2.68 bits per heavy atom. The maximum atomic E-state index is 13.0. The van der Waals surface area contributed by atoms with Gasteiger partial charge in [0, 0.05) is 12.6 Å². The molecule has 1 aromatic rings. The normalized spacial score (nSPS) is 26.4. The molecule has 0 spiro atoms. The van der Waals surface area contributed by atoms with Crippen molar-refractivity contribution >= 4 is 30.7 Å². The van der Waals surface area contributed by atoms with E-state index in [9.17, 15) is 9.18 Å². The number of likely N-dealkylation sites (tertiary alicyclic amines) is 1. The monoisotopic (exact) mass is 391 g/mol. The van der Waals surface area contributed by atoms with Crippen LogP contribution >= 0.6 is 24.8 Å². The minimum Gasteiger partial charge on any atom is -0.352 e. The van der Waals surface area contributed by atoms with Crippen LogP contribution in [0, 0.1) is 11.7 Å². The van der Waals surface area contributed by atoms with Crippen molar-refractivity contribution in [1.29, 1.82) is 0 Å². The van der Waals surface area contributed by atoms with Gasteiger partial charge in [-0.1, -0.05) is 19.1 Å². The number of nitrogens with one attached hydrogen (secondary N) is 2. The molecule has 4 nitrogen and oxygen atoms in total. The topological polar surface area (TPSA) is 44.4 Å². The summed E-state index contributed by atoms with van der Waals surface area (Å²) in [6.45, 7) is 5.76. The van der Waals surface area contributed by atoms with Crippen LogP contribution in [-0.4, -0.2) is 42.5 Å². The Morgan fingerprint density at radius 2 is 2.00 bits per heavy atom. The van der Waals surface area contributed by atoms with Gasteiger partial charge in [-0.25, -0.2) is 4.39 Å². The van der Waals surface area contributed by atoms with Crippen LogP contribution in [0.15, 0.2) is 24.3 Å². The van der Waals surface area contributed by atoms with E-state index in [2.05, 4.69) is 22.5 Å². The second-order valence-corrected chi connectivity index (χ2v) is 6.84. The van der Waals surface area contributed by atoms with E-state index in [-0.39, 0.29) is 48.6 Å². The van der Waals surface area contributed by atoms with E-state index in [0.717, 1.165) is 44.5 Å². The fraction of sp³-hybridized carbons (Fsp3) is 0.611. The summed E-state index contributed by atoms with van der Waals surface area (Å²) in [5.41, 5.74) is 1.06. The molecule has 25 heavy (non-hydrogen) atoms. The van der Waals surface area contributed by atoms with E-state index in [4.69, 9.17) is 0 Å². The van der Waals surface area contributed by atoms with Gasteiger partial charge in [-0.15, -0.1) is 24.8 Å². The van der Waals surface area contributed by atoms with Crippen molar-refractivity contribution in [3.8, 4) is 0 Å². The fourth-order valence-corrected chi connectivity index (χ4v) is 3.64. The number of halogens is 3. The second kappa shape index (κ2) is 10.3. The number of benzene rings is 1. The van der Waals surface area contributed by atoms with Gasteiger partial charge < -0.3 is 10.6 Å². The summed E-state index contributed by atoms with van der Waals surface area (Å²) in [4.78, 5) is 14.9. The fourth-order valence-electron chi connectivity index (χ4n) is 3.64. The molecule has 142 valence electrons. The number of carbonyl (C=O) groups is 1. The highest BCUT2D eigenvalue weighted by Gasteiger charge is 2.33. The van der Waals surface area contributed by atoms with Crippen LogP contribution < -0.4 is 10.6 Å². The summed E-state index contributed by atoms with van der Waals surface area (Å²) >= 11 is 0. The smallest absolute Gasteiger partial charge is 0.237 e. The SMILES string of the molecule is CC1CNCCC1NC(=O)C1CCCN1Cc1ccc(F)cc1.Cl.Cl. The predicted octanol–water partition coefficient (Wildman–Crippen LogP) is 2.75. The van der Waals surface area contributed by atoms with Gasteiger partial charge >= 0.3 is 0 Å². The number of hydrogen-bond donors (Lipinski definition) is 2. The van der Waals surface area contributed by atoms with Crippen molar-refractivity contribution in [1.82, 2.24) is 15.5 Å². The highest BCUT2D eigenvalue weighted by Crippen LogP contribution is 2.21. The molecule has 0 aliphatic carbocycles. The Balaban J connectivity index is 0.00000156. The summed E-state index contributed by atoms with van der Waals surface area (Å²) in [6.07, 6.45) is 2.95. The average molecular weight is 392 g/mol. The van der Waals surface area contributed by atoms with Gasteiger partial charge in [-0.2, -0.15) is 0 Å². The Kier molecular flexibility index (Phi) is 9.14. The van der Waals surface area contributed by atoms with Crippen LogP contribution in [0.2, 0.25) is 0 Å². The zero-order valence-corrected chi connectivity index (χ0v) is 16.2. The van der Waals surface area contributed by atoms with Gasteiger partial charge in [-0.3, -0.25) is 9.69 Å². The summed E-state index contributed by atoms with van der Waals surface area (Å²) in [6, 6.07) is 6.79. The largest absolute Gasteiger partial charge is 0.352 e. The second-order valence-electron chi connectivity index (χ2n) is 6.84. The maximum absolute atomic E-state index is 13.0. The molecule has 3 unspecified atom stereocenters. The van der Waals surface area contributed by atoms with Crippen LogP contribution in [0.3, 0.4) is 0 Å². The minimum atomic E-state index is -0.218. The van der Waals surface area contributed by atoms with Crippen LogP contribution in [0.5, 0.6) is 0 Å². The Morgan fingerprint density at radius 1 is 1.28 bits per heavy atom. The van der Waals surface area contributed by atoms with E-state index < -0.39 is 0 Å². The first kappa shape index (κ1) is 22.2. The lowest BCUT2D eigenvalue weighted by Crippen LogP contribution is -2.52. The van der Waals surface area contributed by atoms with Gasteiger partial charge in [0.05, 0.1) is 6.04 Å². The number of carbonyl (C=O) groups excluding carboxylic acids is 1. The first-order valence-corrected chi connectivity index (χ1v) is 8.63. The molecule has 2 aliphatic rings. The highest BCUT2D eigenvalue weighted by molar-refractivity contribution is 5.85. The van der Waals surface area contributed by atoms with E-state index >= 15 is 0 Å². The molecule has 2 heterocycles. The number of amides is 1. The Hall–Kier alpha value is -0.880. The van der Waals surface area contributed by atoms with Gasteiger partial charge in [0.1, 0.15) is 5.82 Å². The van der Waals surface area contributed by atoms with E-state index in [1.54, 1.807) is 12.1 Å². The summed E-state index contributed by atoms with van der Waals surface area (Å²) in [5.74, 6) is 0.410. The average Bonchev–Trinajstić information content (AvgIpc) is 3.00. The molecule has 1 amide bonds. The summed E-state index contributed by atoms with van der Waals surface area (Å²) in [7, 11) is 0. The lowest BCUT2D eigenvalue weighted by atomic mass is 9.95. The van der Waals surface area contributed by atoms with Crippen molar-refractivity contribution in [2.75, 3.05) is 19.6 Å². The zero-order chi connectivity index (χ0) is 16.2. The Bertz CT molecular complexity index is 544. The number of piperidine rings is 1. The summed E-state index contributed by atoms with van der Waals surface area (Å²) in [5, 5.41) is 6.62. The van der Waals surface area contributed by atoms with E-state index in [0.29, 0.717) is 12.5 Å². The van der Waals surface area contributed by atoms with Gasteiger partial charge in [-0.05, 0) is 62.5 Å². The molecular formula is C18H28Cl2FN3O. The minimum absolute atomic E-state index is 0. The number of nitrogens with zero attached hydrogens (tertiary/aromatic N) is 1. The molecule has 0 radical (unpaired) electrons. The molecule has 2 N–H and O–H groups in total. The summed E-state index contributed by atoms with van der Waals surface area (Å²) < 4.78 is 13.0. The molecule has 2 aliphatic heterocycles. The van der Waals surface area contributed by atoms with Crippen molar-refractivity contribution in [2.45, 2.75) is 44.8 Å². The van der Waals surface area contributed by atoms with Gasteiger partial charge in [0.15, 0.2) is 0 Å². The molecule has 7 heteroatoms. The molecule has 3 rings (SSSR count). The van der Waals surface area contributed by atoms with E-state index in [1.165, 1.54) is 12.1 Å². The van der Waals surface area contributed by atoms with Crippen LogP contribution in [0.25, 0.3) is 0 Å². The van der Waals surface area contributed by atoms with Gasteiger partial charge in [0.2, 0.25) is 5.91 Å². The predicted molar refractivity (Wildman–Crippen MR) is 103 cm³/mol. The molecular weight excluding hydrogens is 364 g/mol. The molecule has 0 bridgehead atoms. The highest BCUT2D eigenvalue weighted by atomic mass is 35.5. The first-order chi connectivity index (χ1) is 11.1. The zero-order valence-electron chi connectivity index (χ0n) is 14.5. The molecule has 2 fully saturated rings. The molecule has 1 aromatic carbocycles. The van der Waals surface area contributed by atoms with Crippen molar-refractivity contribution in [3.05, 3.63) is 35.6 Å². The maximum Gasteiger partial charge on any atom is 0.237 e. The third-order valence-electron chi connectivity index (χ3n) is 5.08. The van der Waals surface area contributed by atoms with Crippen LogP contribution in [0.1, 0.15) is 31.7 Å². The molecule has 0 saturated carbocycles. The van der Waals surface area contributed by atoms with Crippen molar-refractivity contribution < 1.29 is 9.18 Å². The quantitative estimate of drug-likeness (QED) is 0.828. The first-order valence-electron chi connectivity index (χ1n) is 8.63. The standard InChI is InChI=1S/C18H26FN3O.2ClH/c1-13-11-20-9-8-16(13)21-18(23)17-3-2-10-22(17)12-14-4-6-15(19)7-5-14;;/h4-7,13,16-17,20H,2-3,8-12H2,1H3,(H,21,23);2*1H.